The van der Waals surface area contributed by atoms with Crippen molar-refractivity contribution < 1.29 is 9.18 Å². The molecule has 2 aromatic heterocycles. The first-order valence-electron chi connectivity index (χ1n) is 8.01. The number of nitrogens with zero attached hydrogens (tertiary/aromatic N) is 3. The summed E-state index contributed by atoms with van der Waals surface area (Å²) in [6, 6.07) is 13.6. The van der Waals surface area contributed by atoms with E-state index in [0.717, 1.165) is 16.0 Å². The summed E-state index contributed by atoms with van der Waals surface area (Å²) >= 11 is 1.32. The van der Waals surface area contributed by atoms with Crippen molar-refractivity contribution in [2.24, 2.45) is 0 Å². The smallest absolute Gasteiger partial charge is 0.257 e. The summed E-state index contributed by atoms with van der Waals surface area (Å²) in [5, 5.41) is 7.89. The lowest BCUT2D eigenvalue weighted by Gasteiger charge is -2.08. The van der Waals surface area contributed by atoms with E-state index in [9.17, 15) is 9.18 Å². The number of anilines is 1. The van der Waals surface area contributed by atoms with E-state index in [0.29, 0.717) is 22.0 Å². The molecule has 7 heteroatoms. The van der Waals surface area contributed by atoms with Crippen molar-refractivity contribution in [3.63, 3.8) is 0 Å². The number of aromatic nitrogens is 3. The van der Waals surface area contributed by atoms with E-state index in [2.05, 4.69) is 15.4 Å². The third kappa shape index (κ3) is 2.97. The fraction of sp³-hybridized carbons (Fsp3) is 0.105. The quantitative estimate of drug-likeness (QED) is 0.581. The van der Waals surface area contributed by atoms with Crippen LogP contribution >= 0.6 is 11.3 Å². The number of hydrogen-bond acceptors (Lipinski definition) is 4. The van der Waals surface area contributed by atoms with Gasteiger partial charge in [-0.2, -0.15) is 9.78 Å². The highest BCUT2D eigenvalue weighted by atomic mass is 32.1. The molecule has 0 aliphatic rings. The molecule has 1 N–H and O–H groups in total. The van der Waals surface area contributed by atoms with Gasteiger partial charge in [-0.15, -0.1) is 0 Å². The lowest BCUT2D eigenvalue weighted by Crippen LogP contribution is -2.16. The largest absolute Gasteiger partial charge is 0.306 e. The maximum Gasteiger partial charge on any atom is 0.257 e. The summed E-state index contributed by atoms with van der Waals surface area (Å²) < 4.78 is 15.7. The first-order chi connectivity index (χ1) is 12.5. The Balaban J connectivity index is 1.72. The van der Waals surface area contributed by atoms with Crippen molar-refractivity contribution in [1.29, 1.82) is 0 Å². The Hall–Kier alpha value is -3.06. The van der Waals surface area contributed by atoms with Crippen molar-refractivity contribution in [2.75, 3.05) is 5.32 Å². The van der Waals surface area contributed by atoms with Gasteiger partial charge in [0, 0.05) is 11.6 Å². The summed E-state index contributed by atoms with van der Waals surface area (Å²) in [5.41, 5.74) is 2.93. The SMILES string of the molecule is Cc1cc(NC(=O)c2ccccc2C)n(-c2nc3ccc(F)cc3s2)n1. The number of rotatable bonds is 3. The Kier molecular flexibility index (Phi) is 4.00. The van der Waals surface area contributed by atoms with Crippen molar-refractivity contribution >= 4 is 33.3 Å². The summed E-state index contributed by atoms with van der Waals surface area (Å²) in [6.07, 6.45) is 0. The highest BCUT2D eigenvalue weighted by Gasteiger charge is 2.16. The Labute approximate surface area is 153 Å². The number of fused-ring (bicyclic) bond motifs is 1. The van der Waals surface area contributed by atoms with Gasteiger partial charge in [-0.25, -0.2) is 9.37 Å². The molecule has 4 rings (SSSR count). The van der Waals surface area contributed by atoms with Crippen LogP contribution in [0.4, 0.5) is 10.2 Å². The van der Waals surface area contributed by atoms with E-state index in [-0.39, 0.29) is 11.7 Å². The van der Waals surface area contributed by atoms with Gasteiger partial charge in [-0.1, -0.05) is 29.5 Å². The van der Waals surface area contributed by atoms with Crippen molar-refractivity contribution in [1.82, 2.24) is 14.8 Å². The van der Waals surface area contributed by atoms with Crippen LogP contribution in [0.2, 0.25) is 0 Å². The Morgan fingerprint density at radius 3 is 2.77 bits per heavy atom. The van der Waals surface area contributed by atoms with Crippen LogP contribution in [0.3, 0.4) is 0 Å². The van der Waals surface area contributed by atoms with E-state index in [1.165, 1.54) is 23.5 Å². The van der Waals surface area contributed by atoms with E-state index in [1.807, 2.05) is 32.0 Å². The number of hydrogen-bond donors (Lipinski definition) is 1. The van der Waals surface area contributed by atoms with Gasteiger partial charge in [0.25, 0.3) is 5.91 Å². The lowest BCUT2D eigenvalue weighted by molar-refractivity contribution is 0.102. The number of carbonyl (C=O) groups excluding carboxylic acids is 1. The van der Waals surface area contributed by atoms with Gasteiger partial charge in [-0.05, 0) is 43.7 Å². The van der Waals surface area contributed by atoms with Gasteiger partial charge in [-0.3, -0.25) is 4.79 Å². The van der Waals surface area contributed by atoms with E-state index in [4.69, 9.17) is 0 Å². The predicted molar refractivity (Wildman–Crippen MR) is 101 cm³/mol. The van der Waals surface area contributed by atoms with Crippen molar-refractivity contribution in [3.8, 4) is 5.13 Å². The topological polar surface area (TPSA) is 59.8 Å². The van der Waals surface area contributed by atoms with E-state index < -0.39 is 0 Å². The van der Waals surface area contributed by atoms with Crippen LogP contribution in [-0.2, 0) is 0 Å². The monoisotopic (exact) mass is 366 g/mol. The highest BCUT2D eigenvalue weighted by Crippen LogP contribution is 2.28. The molecule has 2 heterocycles. The summed E-state index contributed by atoms with van der Waals surface area (Å²) in [7, 11) is 0. The summed E-state index contributed by atoms with van der Waals surface area (Å²) in [5.74, 6) is 0.00381. The molecule has 0 aliphatic carbocycles. The second-order valence-corrected chi connectivity index (χ2v) is 6.97. The number of nitrogens with one attached hydrogen (secondary N) is 1. The molecule has 4 aromatic rings. The lowest BCUT2D eigenvalue weighted by atomic mass is 10.1. The van der Waals surface area contributed by atoms with Crippen LogP contribution in [0.25, 0.3) is 15.3 Å². The molecule has 130 valence electrons. The third-order valence-electron chi connectivity index (χ3n) is 3.98. The van der Waals surface area contributed by atoms with Crippen molar-refractivity contribution in [2.45, 2.75) is 13.8 Å². The minimum absolute atomic E-state index is 0.212. The maximum atomic E-state index is 13.4. The average molecular weight is 366 g/mol. The first kappa shape index (κ1) is 16.4. The zero-order chi connectivity index (χ0) is 18.3. The van der Waals surface area contributed by atoms with Crippen LogP contribution in [-0.4, -0.2) is 20.7 Å². The fourth-order valence-corrected chi connectivity index (χ4v) is 3.68. The number of amides is 1. The Morgan fingerprint density at radius 2 is 1.96 bits per heavy atom. The zero-order valence-electron chi connectivity index (χ0n) is 14.2. The van der Waals surface area contributed by atoms with Crippen LogP contribution in [0.15, 0.2) is 48.5 Å². The van der Waals surface area contributed by atoms with Gasteiger partial charge in [0.15, 0.2) is 0 Å². The third-order valence-corrected chi connectivity index (χ3v) is 4.98. The number of halogens is 1. The van der Waals surface area contributed by atoms with Crippen LogP contribution < -0.4 is 5.32 Å². The number of benzene rings is 2. The van der Waals surface area contributed by atoms with Crippen LogP contribution in [0.5, 0.6) is 0 Å². The molecule has 5 nitrogen and oxygen atoms in total. The Bertz CT molecular complexity index is 1130. The highest BCUT2D eigenvalue weighted by molar-refractivity contribution is 7.20. The molecule has 0 spiro atoms. The molecule has 0 unspecified atom stereocenters. The Morgan fingerprint density at radius 1 is 1.15 bits per heavy atom. The van der Waals surface area contributed by atoms with Gasteiger partial charge >= 0.3 is 0 Å². The molecule has 0 atom stereocenters. The van der Waals surface area contributed by atoms with Crippen LogP contribution in [0, 0.1) is 19.7 Å². The van der Waals surface area contributed by atoms with Crippen molar-refractivity contribution in [3.05, 3.63) is 71.2 Å². The molecule has 1 amide bonds. The van der Waals surface area contributed by atoms with Gasteiger partial charge in [0.05, 0.1) is 15.9 Å². The maximum absolute atomic E-state index is 13.4. The molecular formula is C19H15FN4OS. The first-order valence-corrected chi connectivity index (χ1v) is 8.83. The standard InChI is InChI=1S/C19H15FN4OS/c1-11-5-3-4-6-14(11)18(25)22-17-9-12(2)23-24(17)19-21-15-8-7-13(20)10-16(15)26-19/h3-10H,1-2H3,(H,22,25). The normalized spacial score (nSPS) is 11.0. The average Bonchev–Trinajstić information content (AvgIpc) is 3.17. The second kappa shape index (κ2) is 6.34. The molecule has 0 bridgehead atoms. The molecule has 0 fully saturated rings. The summed E-state index contributed by atoms with van der Waals surface area (Å²) in [6.45, 7) is 3.73. The predicted octanol–water partition coefficient (Wildman–Crippen LogP) is 4.49. The molecule has 0 saturated heterocycles. The molecule has 0 radical (unpaired) electrons. The van der Waals surface area contributed by atoms with Gasteiger partial charge in [0.1, 0.15) is 11.6 Å². The van der Waals surface area contributed by atoms with Gasteiger partial charge in [0.2, 0.25) is 5.13 Å². The molecule has 0 aliphatic heterocycles. The molecular weight excluding hydrogens is 351 g/mol. The van der Waals surface area contributed by atoms with E-state index in [1.54, 1.807) is 22.9 Å². The number of thiazole rings is 1. The number of carbonyl (C=O) groups is 1. The molecule has 2 aromatic carbocycles. The summed E-state index contributed by atoms with van der Waals surface area (Å²) in [4.78, 5) is 17.1. The minimum Gasteiger partial charge on any atom is -0.306 e. The van der Waals surface area contributed by atoms with Crippen LogP contribution in [0.1, 0.15) is 21.6 Å². The minimum atomic E-state index is -0.308. The molecule has 0 saturated carbocycles. The second-order valence-electron chi connectivity index (χ2n) is 5.96. The zero-order valence-corrected chi connectivity index (χ0v) is 15.0. The van der Waals surface area contributed by atoms with Gasteiger partial charge < -0.3 is 5.32 Å². The fourth-order valence-electron chi connectivity index (χ4n) is 2.72. The molecule has 26 heavy (non-hydrogen) atoms. The van der Waals surface area contributed by atoms with E-state index >= 15 is 0 Å². The number of aryl methyl sites for hydroxylation is 2.